The minimum absolute atomic E-state index is 0.0581. The molecule has 2 aliphatic heterocycles. The SMILES string of the molecule is CN(C)c1ccc(C(=O)N2CC[C@@]3(CC(=O)N(c4ccccc4)C3)C2)cc1. The van der Waals surface area contributed by atoms with E-state index in [1.165, 1.54) is 0 Å². The Morgan fingerprint density at radius 2 is 1.70 bits per heavy atom. The van der Waals surface area contributed by atoms with Crippen LogP contribution >= 0.6 is 0 Å². The van der Waals surface area contributed by atoms with Crippen LogP contribution in [0.5, 0.6) is 0 Å². The Bertz CT molecular complexity index is 848. The van der Waals surface area contributed by atoms with Crippen LogP contribution in [0.3, 0.4) is 0 Å². The number of carbonyl (C=O) groups is 2. The summed E-state index contributed by atoms with van der Waals surface area (Å²) in [6.07, 6.45) is 1.40. The van der Waals surface area contributed by atoms with E-state index in [1.54, 1.807) is 0 Å². The first-order chi connectivity index (χ1) is 13.0. The summed E-state index contributed by atoms with van der Waals surface area (Å²) in [6, 6.07) is 17.5. The van der Waals surface area contributed by atoms with Gasteiger partial charge in [-0.2, -0.15) is 0 Å². The molecule has 2 saturated heterocycles. The lowest BCUT2D eigenvalue weighted by molar-refractivity contribution is -0.117. The summed E-state index contributed by atoms with van der Waals surface area (Å²) in [7, 11) is 3.97. The summed E-state index contributed by atoms with van der Waals surface area (Å²) in [5, 5.41) is 0. The molecule has 2 aromatic carbocycles. The lowest BCUT2D eigenvalue weighted by Crippen LogP contribution is -2.34. The first kappa shape index (κ1) is 17.6. The van der Waals surface area contributed by atoms with Crippen molar-refractivity contribution in [2.75, 3.05) is 43.5 Å². The Labute approximate surface area is 160 Å². The van der Waals surface area contributed by atoms with E-state index in [0.717, 1.165) is 17.8 Å². The van der Waals surface area contributed by atoms with Crippen molar-refractivity contribution < 1.29 is 9.59 Å². The number of likely N-dealkylation sites (tertiary alicyclic amines) is 1. The van der Waals surface area contributed by atoms with Crippen LogP contribution < -0.4 is 9.80 Å². The predicted molar refractivity (Wildman–Crippen MR) is 107 cm³/mol. The zero-order chi connectivity index (χ0) is 19.0. The van der Waals surface area contributed by atoms with Gasteiger partial charge in [0.2, 0.25) is 5.91 Å². The highest BCUT2D eigenvalue weighted by Gasteiger charge is 2.48. The van der Waals surface area contributed by atoms with Gasteiger partial charge in [0.1, 0.15) is 0 Å². The van der Waals surface area contributed by atoms with E-state index in [4.69, 9.17) is 0 Å². The number of hydrogen-bond donors (Lipinski definition) is 0. The molecule has 1 atom stereocenters. The second kappa shape index (κ2) is 6.72. The van der Waals surface area contributed by atoms with Crippen molar-refractivity contribution in [1.29, 1.82) is 0 Å². The number of carbonyl (C=O) groups excluding carboxylic acids is 2. The molecule has 2 fully saturated rings. The highest BCUT2D eigenvalue weighted by atomic mass is 16.2. The van der Waals surface area contributed by atoms with E-state index in [9.17, 15) is 9.59 Å². The van der Waals surface area contributed by atoms with Crippen LogP contribution in [-0.4, -0.2) is 50.4 Å². The maximum Gasteiger partial charge on any atom is 0.253 e. The molecule has 1 spiro atoms. The monoisotopic (exact) mass is 363 g/mol. The molecule has 2 heterocycles. The number of rotatable bonds is 3. The zero-order valence-corrected chi connectivity index (χ0v) is 15.9. The molecule has 0 bridgehead atoms. The molecule has 0 unspecified atom stereocenters. The van der Waals surface area contributed by atoms with Gasteiger partial charge >= 0.3 is 0 Å². The number of benzene rings is 2. The van der Waals surface area contributed by atoms with E-state index in [-0.39, 0.29) is 17.2 Å². The molecule has 2 amide bonds. The van der Waals surface area contributed by atoms with E-state index in [0.29, 0.717) is 31.6 Å². The average molecular weight is 363 g/mol. The van der Waals surface area contributed by atoms with Crippen molar-refractivity contribution in [3.05, 3.63) is 60.2 Å². The molecule has 2 aliphatic rings. The fourth-order valence-corrected chi connectivity index (χ4v) is 4.21. The summed E-state index contributed by atoms with van der Waals surface area (Å²) >= 11 is 0. The summed E-state index contributed by atoms with van der Waals surface area (Å²) in [4.78, 5) is 31.3. The van der Waals surface area contributed by atoms with E-state index in [1.807, 2.05) is 83.4 Å². The van der Waals surface area contributed by atoms with Crippen molar-refractivity contribution in [3.63, 3.8) is 0 Å². The Kier molecular flexibility index (Phi) is 4.38. The Morgan fingerprint density at radius 1 is 1.00 bits per heavy atom. The van der Waals surface area contributed by atoms with Gasteiger partial charge in [0.15, 0.2) is 0 Å². The highest BCUT2D eigenvalue weighted by molar-refractivity contribution is 5.97. The van der Waals surface area contributed by atoms with Crippen molar-refractivity contribution in [3.8, 4) is 0 Å². The Morgan fingerprint density at radius 3 is 2.37 bits per heavy atom. The summed E-state index contributed by atoms with van der Waals surface area (Å²) in [6.45, 7) is 2.06. The van der Waals surface area contributed by atoms with Crippen LogP contribution in [0.25, 0.3) is 0 Å². The Hall–Kier alpha value is -2.82. The topological polar surface area (TPSA) is 43.9 Å². The fraction of sp³-hybridized carbons (Fsp3) is 0.364. The van der Waals surface area contributed by atoms with Gasteiger partial charge in [0, 0.05) is 62.5 Å². The standard InChI is InChI=1S/C22H25N3O2/c1-23(2)18-10-8-17(9-11-18)21(27)24-13-12-22(15-24)14-20(26)25(16-22)19-6-4-3-5-7-19/h3-11H,12-16H2,1-2H3/t22-/m1/s1. The third-order valence-electron chi connectivity index (χ3n) is 5.74. The molecular weight excluding hydrogens is 338 g/mol. The van der Waals surface area contributed by atoms with E-state index >= 15 is 0 Å². The molecule has 0 aromatic heterocycles. The molecule has 4 rings (SSSR count). The van der Waals surface area contributed by atoms with Crippen molar-refractivity contribution in [2.45, 2.75) is 12.8 Å². The second-order valence-corrected chi connectivity index (χ2v) is 7.91. The molecule has 5 heteroatoms. The first-order valence-electron chi connectivity index (χ1n) is 9.40. The average Bonchev–Trinajstić information content (AvgIpc) is 3.25. The van der Waals surface area contributed by atoms with Gasteiger partial charge in [-0.3, -0.25) is 9.59 Å². The first-order valence-corrected chi connectivity index (χ1v) is 9.40. The minimum Gasteiger partial charge on any atom is -0.378 e. The van der Waals surface area contributed by atoms with Crippen LogP contribution in [-0.2, 0) is 4.79 Å². The molecule has 5 nitrogen and oxygen atoms in total. The molecule has 0 radical (unpaired) electrons. The molecule has 140 valence electrons. The maximum atomic E-state index is 12.9. The van der Waals surface area contributed by atoms with E-state index < -0.39 is 0 Å². The number of amides is 2. The Balaban J connectivity index is 1.47. The van der Waals surface area contributed by atoms with Gasteiger partial charge < -0.3 is 14.7 Å². The minimum atomic E-state index is -0.119. The van der Waals surface area contributed by atoms with Crippen molar-refractivity contribution >= 4 is 23.2 Å². The lowest BCUT2D eigenvalue weighted by atomic mass is 9.86. The van der Waals surface area contributed by atoms with Crippen molar-refractivity contribution in [1.82, 2.24) is 4.90 Å². The number of hydrogen-bond acceptors (Lipinski definition) is 3. The van der Waals surface area contributed by atoms with Crippen LogP contribution in [0, 0.1) is 5.41 Å². The highest BCUT2D eigenvalue weighted by Crippen LogP contribution is 2.42. The summed E-state index contributed by atoms with van der Waals surface area (Å²) < 4.78 is 0. The smallest absolute Gasteiger partial charge is 0.253 e. The molecule has 0 aliphatic carbocycles. The summed E-state index contributed by atoms with van der Waals surface area (Å²) in [5.74, 6) is 0.216. The van der Waals surface area contributed by atoms with Crippen LogP contribution in [0.1, 0.15) is 23.2 Å². The largest absolute Gasteiger partial charge is 0.378 e. The summed E-state index contributed by atoms with van der Waals surface area (Å²) in [5.41, 5.74) is 2.61. The number of nitrogens with zero attached hydrogens (tertiary/aromatic N) is 3. The van der Waals surface area contributed by atoms with Gasteiger partial charge in [0.05, 0.1) is 0 Å². The fourth-order valence-electron chi connectivity index (χ4n) is 4.21. The van der Waals surface area contributed by atoms with Gasteiger partial charge in [-0.05, 0) is 42.8 Å². The van der Waals surface area contributed by atoms with E-state index in [2.05, 4.69) is 0 Å². The van der Waals surface area contributed by atoms with Gasteiger partial charge in [-0.25, -0.2) is 0 Å². The van der Waals surface area contributed by atoms with Crippen LogP contribution in [0.4, 0.5) is 11.4 Å². The predicted octanol–water partition coefficient (Wildman–Crippen LogP) is 3.02. The maximum absolute atomic E-state index is 12.9. The van der Waals surface area contributed by atoms with Crippen molar-refractivity contribution in [2.24, 2.45) is 5.41 Å². The molecular formula is C22H25N3O2. The normalized spacial score (nSPS) is 21.9. The lowest BCUT2D eigenvalue weighted by Gasteiger charge is -2.24. The number of para-hydroxylation sites is 1. The third kappa shape index (κ3) is 3.29. The van der Waals surface area contributed by atoms with Gasteiger partial charge in [0.25, 0.3) is 5.91 Å². The molecule has 0 N–H and O–H groups in total. The third-order valence-corrected chi connectivity index (χ3v) is 5.74. The van der Waals surface area contributed by atoms with Gasteiger partial charge in [-0.1, -0.05) is 18.2 Å². The molecule has 27 heavy (non-hydrogen) atoms. The zero-order valence-electron chi connectivity index (χ0n) is 15.9. The van der Waals surface area contributed by atoms with Crippen LogP contribution in [0.2, 0.25) is 0 Å². The van der Waals surface area contributed by atoms with Crippen LogP contribution in [0.15, 0.2) is 54.6 Å². The number of anilines is 2. The quantitative estimate of drug-likeness (QED) is 0.842. The second-order valence-electron chi connectivity index (χ2n) is 7.91. The van der Waals surface area contributed by atoms with Gasteiger partial charge in [-0.15, -0.1) is 0 Å². The molecule has 2 aromatic rings. The molecule has 0 saturated carbocycles.